The lowest BCUT2D eigenvalue weighted by molar-refractivity contribution is 0.379. The minimum absolute atomic E-state index is 0.416. The van der Waals surface area contributed by atoms with Gasteiger partial charge in [0.25, 0.3) is 0 Å². The Balaban J connectivity index is 2.04. The molecule has 0 aromatic carbocycles. The molecule has 2 aromatic heterocycles. The van der Waals surface area contributed by atoms with Gasteiger partial charge in [0.2, 0.25) is 5.89 Å². The Bertz CT molecular complexity index is 528. The summed E-state index contributed by atoms with van der Waals surface area (Å²) in [7, 11) is 0. The summed E-state index contributed by atoms with van der Waals surface area (Å²) in [6.07, 6.45) is 1.78. The summed E-state index contributed by atoms with van der Waals surface area (Å²) in [4.78, 5) is 12.6. The van der Waals surface area contributed by atoms with Crippen molar-refractivity contribution in [2.75, 3.05) is 5.32 Å². The van der Waals surface area contributed by atoms with Crippen molar-refractivity contribution >= 4 is 17.4 Å². The molecule has 2 aromatic rings. The van der Waals surface area contributed by atoms with Crippen LogP contribution in [0.5, 0.6) is 0 Å². The van der Waals surface area contributed by atoms with Crippen molar-refractivity contribution in [2.24, 2.45) is 0 Å². The molecule has 0 spiro atoms. The predicted molar refractivity (Wildman–Crippen MR) is 67.4 cm³/mol. The van der Waals surface area contributed by atoms with E-state index in [-0.39, 0.29) is 0 Å². The van der Waals surface area contributed by atoms with Crippen molar-refractivity contribution < 1.29 is 4.52 Å². The number of aryl methyl sites for hydroxylation is 2. The number of hydrogen-bond donors (Lipinski definition) is 1. The molecule has 96 valence electrons. The van der Waals surface area contributed by atoms with Crippen LogP contribution in [0.1, 0.15) is 30.9 Å². The molecule has 0 saturated carbocycles. The number of rotatable bonds is 5. The second-order valence-electron chi connectivity index (χ2n) is 3.83. The molecule has 0 unspecified atom stereocenters. The number of nitrogens with one attached hydrogen (secondary N) is 1. The maximum Gasteiger partial charge on any atom is 0.245 e. The van der Waals surface area contributed by atoms with Gasteiger partial charge in [-0.15, -0.1) is 0 Å². The van der Waals surface area contributed by atoms with Gasteiger partial charge in [0, 0.05) is 12.5 Å². The molecule has 0 bridgehead atoms. The van der Waals surface area contributed by atoms with E-state index in [1.165, 1.54) is 0 Å². The van der Waals surface area contributed by atoms with E-state index in [9.17, 15) is 0 Å². The summed E-state index contributed by atoms with van der Waals surface area (Å²) < 4.78 is 4.99. The van der Waals surface area contributed by atoms with Crippen molar-refractivity contribution in [3.63, 3.8) is 0 Å². The van der Waals surface area contributed by atoms with E-state index in [0.29, 0.717) is 29.2 Å². The van der Waals surface area contributed by atoms with Crippen LogP contribution in [-0.2, 0) is 13.0 Å². The highest BCUT2D eigenvalue weighted by molar-refractivity contribution is 6.29. The van der Waals surface area contributed by atoms with Crippen molar-refractivity contribution in [1.29, 1.82) is 0 Å². The SMILES string of the molecule is CCCc1nc(Cl)cc(NCc2nc(C)no2)n1. The fourth-order valence-corrected chi connectivity index (χ4v) is 1.67. The Morgan fingerprint density at radius 2 is 2.17 bits per heavy atom. The molecule has 0 saturated heterocycles. The third-order valence-corrected chi connectivity index (χ3v) is 2.40. The summed E-state index contributed by atoms with van der Waals surface area (Å²) in [6, 6.07) is 1.67. The highest BCUT2D eigenvalue weighted by Gasteiger charge is 2.05. The van der Waals surface area contributed by atoms with Gasteiger partial charge < -0.3 is 9.84 Å². The van der Waals surface area contributed by atoms with E-state index < -0.39 is 0 Å². The van der Waals surface area contributed by atoms with Crippen LogP contribution in [0.2, 0.25) is 5.15 Å². The summed E-state index contributed by atoms with van der Waals surface area (Å²) in [5, 5.41) is 7.22. The normalized spacial score (nSPS) is 10.6. The monoisotopic (exact) mass is 267 g/mol. The molecule has 0 fully saturated rings. The zero-order chi connectivity index (χ0) is 13.0. The smallest absolute Gasteiger partial charge is 0.245 e. The number of nitrogens with zero attached hydrogens (tertiary/aromatic N) is 4. The zero-order valence-electron chi connectivity index (χ0n) is 10.3. The maximum absolute atomic E-state index is 5.93. The van der Waals surface area contributed by atoms with Gasteiger partial charge in [-0.05, 0) is 13.3 Å². The average Bonchev–Trinajstić information content (AvgIpc) is 2.72. The second-order valence-corrected chi connectivity index (χ2v) is 4.22. The summed E-state index contributed by atoms with van der Waals surface area (Å²) in [6.45, 7) is 4.26. The number of anilines is 1. The number of hydrogen-bond acceptors (Lipinski definition) is 6. The third kappa shape index (κ3) is 3.40. The molecule has 7 heteroatoms. The molecule has 0 aliphatic rings. The Labute approximate surface area is 110 Å². The van der Waals surface area contributed by atoms with E-state index in [4.69, 9.17) is 16.1 Å². The quantitative estimate of drug-likeness (QED) is 0.838. The minimum Gasteiger partial charge on any atom is -0.361 e. The van der Waals surface area contributed by atoms with Crippen LogP contribution in [0.15, 0.2) is 10.6 Å². The first-order chi connectivity index (χ1) is 8.67. The minimum atomic E-state index is 0.416. The molecule has 2 heterocycles. The van der Waals surface area contributed by atoms with Crippen LogP contribution < -0.4 is 5.32 Å². The molecular weight excluding hydrogens is 254 g/mol. The van der Waals surface area contributed by atoms with Crippen molar-refractivity contribution in [2.45, 2.75) is 33.2 Å². The Kier molecular flexibility index (Phi) is 4.09. The van der Waals surface area contributed by atoms with Crippen molar-refractivity contribution in [1.82, 2.24) is 20.1 Å². The Hall–Kier alpha value is -1.69. The van der Waals surface area contributed by atoms with E-state index in [1.54, 1.807) is 13.0 Å². The maximum atomic E-state index is 5.93. The van der Waals surface area contributed by atoms with Gasteiger partial charge in [-0.1, -0.05) is 23.7 Å². The number of halogens is 1. The molecule has 0 aliphatic carbocycles. The highest BCUT2D eigenvalue weighted by atomic mass is 35.5. The van der Waals surface area contributed by atoms with Gasteiger partial charge >= 0.3 is 0 Å². The average molecular weight is 268 g/mol. The van der Waals surface area contributed by atoms with Gasteiger partial charge in [-0.2, -0.15) is 4.98 Å². The van der Waals surface area contributed by atoms with Gasteiger partial charge in [0.05, 0.1) is 6.54 Å². The second kappa shape index (κ2) is 5.77. The Morgan fingerprint density at radius 3 is 2.83 bits per heavy atom. The molecule has 0 amide bonds. The molecule has 1 N–H and O–H groups in total. The molecule has 2 rings (SSSR count). The largest absolute Gasteiger partial charge is 0.361 e. The predicted octanol–water partition coefficient (Wildman–Crippen LogP) is 2.39. The molecule has 0 atom stereocenters. The summed E-state index contributed by atoms with van der Waals surface area (Å²) in [5.74, 6) is 2.52. The van der Waals surface area contributed by atoms with Crippen LogP contribution in [0.4, 0.5) is 5.82 Å². The molecule has 0 aliphatic heterocycles. The van der Waals surface area contributed by atoms with Crippen LogP contribution in [-0.4, -0.2) is 20.1 Å². The van der Waals surface area contributed by atoms with Crippen LogP contribution in [0, 0.1) is 6.92 Å². The van der Waals surface area contributed by atoms with E-state index >= 15 is 0 Å². The highest BCUT2D eigenvalue weighted by Crippen LogP contribution is 2.13. The first-order valence-electron chi connectivity index (χ1n) is 5.74. The van der Waals surface area contributed by atoms with E-state index in [1.807, 2.05) is 0 Å². The lowest BCUT2D eigenvalue weighted by Crippen LogP contribution is -2.05. The summed E-state index contributed by atoms with van der Waals surface area (Å²) in [5.41, 5.74) is 0. The lowest BCUT2D eigenvalue weighted by atomic mass is 10.3. The van der Waals surface area contributed by atoms with E-state index in [0.717, 1.165) is 18.7 Å². The first-order valence-corrected chi connectivity index (χ1v) is 6.11. The van der Waals surface area contributed by atoms with Crippen molar-refractivity contribution in [3.8, 4) is 0 Å². The van der Waals surface area contributed by atoms with Crippen LogP contribution in [0.25, 0.3) is 0 Å². The fourth-order valence-electron chi connectivity index (χ4n) is 1.47. The third-order valence-electron chi connectivity index (χ3n) is 2.21. The topological polar surface area (TPSA) is 76.7 Å². The molecule has 18 heavy (non-hydrogen) atoms. The van der Waals surface area contributed by atoms with Gasteiger partial charge in [-0.3, -0.25) is 0 Å². The molecule has 0 radical (unpaired) electrons. The molecular formula is C11H14ClN5O. The van der Waals surface area contributed by atoms with Gasteiger partial charge in [0.1, 0.15) is 16.8 Å². The summed E-state index contributed by atoms with van der Waals surface area (Å²) >= 11 is 5.93. The standard InChI is InChI=1S/C11H14ClN5O/c1-3-4-9-15-8(12)5-10(16-9)13-6-11-14-7(2)17-18-11/h5H,3-4,6H2,1-2H3,(H,13,15,16). The van der Waals surface area contributed by atoms with E-state index in [2.05, 4.69) is 32.3 Å². The molecule has 6 nitrogen and oxygen atoms in total. The van der Waals surface area contributed by atoms with Crippen LogP contribution >= 0.6 is 11.6 Å². The first kappa shape index (κ1) is 12.8. The Morgan fingerprint density at radius 1 is 1.33 bits per heavy atom. The lowest BCUT2D eigenvalue weighted by Gasteiger charge is -2.05. The van der Waals surface area contributed by atoms with Gasteiger partial charge in [-0.25, -0.2) is 9.97 Å². The van der Waals surface area contributed by atoms with Crippen LogP contribution in [0.3, 0.4) is 0 Å². The zero-order valence-corrected chi connectivity index (χ0v) is 11.0. The van der Waals surface area contributed by atoms with Crippen molar-refractivity contribution in [3.05, 3.63) is 28.8 Å². The fraction of sp³-hybridized carbons (Fsp3) is 0.455. The van der Waals surface area contributed by atoms with Gasteiger partial charge in [0.15, 0.2) is 5.82 Å². The number of aromatic nitrogens is 4.